The van der Waals surface area contributed by atoms with Gasteiger partial charge in [0.25, 0.3) is 0 Å². The third-order valence-corrected chi connectivity index (χ3v) is 6.35. The fourth-order valence-electron chi connectivity index (χ4n) is 4.66. The van der Waals surface area contributed by atoms with Gasteiger partial charge in [-0.1, -0.05) is 13.2 Å². The zero-order valence-electron chi connectivity index (χ0n) is 21.2. The topological polar surface area (TPSA) is 21.3 Å². The van der Waals surface area contributed by atoms with E-state index in [2.05, 4.69) is 74.4 Å². The highest BCUT2D eigenvalue weighted by Gasteiger charge is 2.44. The molecule has 0 aromatic rings. The van der Waals surface area contributed by atoms with E-state index in [0.717, 1.165) is 27.1 Å². The van der Waals surface area contributed by atoms with E-state index in [1.54, 1.807) is 0 Å². The third kappa shape index (κ3) is 11.7. The Bertz CT molecular complexity index is 541. The van der Waals surface area contributed by atoms with Crippen LogP contribution in [0.4, 0.5) is 0 Å². The number of quaternary nitrogens is 2. The van der Waals surface area contributed by atoms with Crippen LogP contribution in [0.5, 0.6) is 0 Å². The molecule has 1 rings (SSSR count). The Labute approximate surface area is 208 Å². The van der Waals surface area contributed by atoms with Crippen LogP contribution >= 0.6 is 0 Å². The molecule has 4 nitrogen and oxygen atoms in total. The first-order valence-corrected chi connectivity index (χ1v) is 11.0. The molecule has 0 bridgehead atoms. The molecule has 180 valence electrons. The fraction of sp³-hybridized carbons (Fsp3) is 0.833. The smallest absolute Gasteiger partial charge is 0.137 e. The minimum Gasteiger partial charge on any atom is -1.00 e. The number of rotatable bonds is 11. The lowest BCUT2D eigenvalue weighted by molar-refractivity contribution is -0.919. The SMILES string of the molecule is C=C(C)C(=C)OCC[N+](C)(C)CCCC[N+](C)(C)C1CC(C)(C)NC(C)(C)C1.[Br-].[Br-]. The fourth-order valence-corrected chi connectivity index (χ4v) is 4.66. The van der Waals surface area contributed by atoms with E-state index < -0.39 is 0 Å². The summed E-state index contributed by atoms with van der Waals surface area (Å²) in [5, 5.41) is 3.82. The molecule has 1 saturated heterocycles. The molecule has 0 atom stereocenters. The number of unbranched alkanes of at least 4 members (excludes halogenated alkanes) is 1. The summed E-state index contributed by atoms with van der Waals surface area (Å²) in [6, 6.07) is 0.718. The molecule has 0 spiro atoms. The lowest BCUT2D eigenvalue weighted by Gasteiger charge is -2.51. The summed E-state index contributed by atoms with van der Waals surface area (Å²) < 4.78 is 7.82. The van der Waals surface area contributed by atoms with Crippen molar-refractivity contribution >= 4 is 0 Å². The molecule has 0 aliphatic carbocycles. The van der Waals surface area contributed by atoms with Gasteiger partial charge < -0.3 is 53.0 Å². The molecular formula is C24H49Br2N3O. The van der Waals surface area contributed by atoms with E-state index >= 15 is 0 Å². The van der Waals surface area contributed by atoms with Gasteiger partial charge in [0.2, 0.25) is 0 Å². The molecule has 0 saturated carbocycles. The number of ether oxygens (including phenoxy) is 1. The van der Waals surface area contributed by atoms with Crippen LogP contribution in [0, 0.1) is 0 Å². The zero-order valence-corrected chi connectivity index (χ0v) is 24.4. The lowest BCUT2D eigenvalue weighted by Crippen LogP contribution is -3.00. The first-order chi connectivity index (χ1) is 12.6. The number of halogens is 2. The number of hydrogen-bond donors (Lipinski definition) is 1. The average Bonchev–Trinajstić information content (AvgIpc) is 2.48. The van der Waals surface area contributed by atoms with Gasteiger partial charge in [0.1, 0.15) is 18.9 Å². The normalized spacial score (nSPS) is 18.7. The molecule has 0 unspecified atom stereocenters. The number of nitrogens with one attached hydrogen (secondary N) is 1. The summed E-state index contributed by atoms with van der Waals surface area (Å²) in [6.45, 7) is 23.3. The minimum absolute atomic E-state index is 0. The average molecular weight is 555 g/mol. The lowest BCUT2D eigenvalue weighted by atomic mass is 9.78. The van der Waals surface area contributed by atoms with Crippen molar-refractivity contribution in [3.8, 4) is 0 Å². The van der Waals surface area contributed by atoms with Gasteiger partial charge in [-0.2, -0.15) is 0 Å². The van der Waals surface area contributed by atoms with Gasteiger partial charge in [-0.3, -0.25) is 0 Å². The molecule has 1 heterocycles. The second kappa shape index (κ2) is 12.4. The van der Waals surface area contributed by atoms with Crippen LogP contribution in [0.25, 0.3) is 0 Å². The van der Waals surface area contributed by atoms with Crippen molar-refractivity contribution in [3.63, 3.8) is 0 Å². The summed E-state index contributed by atoms with van der Waals surface area (Å²) in [4.78, 5) is 0. The number of nitrogens with zero attached hydrogens (tertiary/aromatic N) is 2. The van der Waals surface area contributed by atoms with Gasteiger partial charge in [0, 0.05) is 36.8 Å². The third-order valence-electron chi connectivity index (χ3n) is 6.35. The molecule has 0 aromatic carbocycles. The first kappa shape index (κ1) is 32.3. The summed E-state index contributed by atoms with van der Waals surface area (Å²) in [6.07, 6.45) is 5.02. The molecule has 1 fully saturated rings. The maximum Gasteiger partial charge on any atom is 0.137 e. The standard InChI is InChI=1S/C24H49N3O.2BrH/c1-20(2)21(3)28-17-16-26(8,9)14-12-13-15-27(10,11)22-18-23(4,5)25-24(6,7)19-22;;/h22,25H,1,3,12-19H2,2,4-11H3;2*1H/q+2;;/p-2. The molecule has 0 aromatic heterocycles. The highest BCUT2D eigenvalue weighted by Crippen LogP contribution is 2.33. The Morgan fingerprint density at radius 2 is 1.37 bits per heavy atom. The molecule has 0 radical (unpaired) electrons. The summed E-state index contributed by atoms with van der Waals surface area (Å²) in [7, 11) is 9.45. The number of allylic oxidation sites excluding steroid dienone is 1. The maximum atomic E-state index is 5.70. The number of likely N-dealkylation sites (N-methyl/N-ethyl adjacent to an activating group) is 1. The van der Waals surface area contributed by atoms with E-state index in [1.807, 2.05) is 6.92 Å². The first-order valence-electron chi connectivity index (χ1n) is 11.0. The number of piperidine rings is 1. The van der Waals surface area contributed by atoms with Gasteiger partial charge in [-0.05, 0) is 40.2 Å². The maximum absolute atomic E-state index is 5.70. The van der Waals surface area contributed by atoms with Crippen molar-refractivity contribution in [1.29, 1.82) is 0 Å². The van der Waals surface area contributed by atoms with Crippen molar-refractivity contribution in [1.82, 2.24) is 5.32 Å². The Morgan fingerprint density at radius 3 is 1.83 bits per heavy atom. The summed E-state index contributed by atoms with van der Waals surface area (Å²) >= 11 is 0. The Hall–Kier alpha value is 0.120. The zero-order chi connectivity index (χ0) is 21.8. The molecule has 30 heavy (non-hydrogen) atoms. The predicted octanol–water partition coefficient (Wildman–Crippen LogP) is -1.66. The van der Waals surface area contributed by atoms with E-state index in [1.165, 1.54) is 38.8 Å². The summed E-state index contributed by atoms with van der Waals surface area (Å²) in [5.41, 5.74) is 1.35. The molecule has 1 N–H and O–H groups in total. The van der Waals surface area contributed by atoms with E-state index in [-0.39, 0.29) is 45.0 Å². The molecule has 1 aliphatic rings. The van der Waals surface area contributed by atoms with E-state index in [4.69, 9.17) is 4.74 Å². The van der Waals surface area contributed by atoms with Gasteiger partial charge in [0.15, 0.2) is 0 Å². The molecule has 0 amide bonds. The van der Waals surface area contributed by atoms with Crippen LogP contribution in [0.3, 0.4) is 0 Å². The van der Waals surface area contributed by atoms with Crippen molar-refractivity contribution in [3.05, 3.63) is 24.5 Å². The van der Waals surface area contributed by atoms with E-state index in [9.17, 15) is 0 Å². The van der Waals surface area contributed by atoms with Gasteiger partial charge in [0.05, 0.1) is 47.3 Å². The quantitative estimate of drug-likeness (QED) is 0.143. The van der Waals surface area contributed by atoms with Crippen molar-refractivity contribution in [2.75, 3.05) is 54.4 Å². The van der Waals surface area contributed by atoms with Gasteiger partial charge in [-0.25, -0.2) is 0 Å². The van der Waals surface area contributed by atoms with Crippen LogP contribution in [0.1, 0.15) is 60.3 Å². The van der Waals surface area contributed by atoms with Crippen LogP contribution in [0.2, 0.25) is 0 Å². The summed E-state index contributed by atoms with van der Waals surface area (Å²) in [5.74, 6) is 0.715. The van der Waals surface area contributed by atoms with Gasteiger partial charge >= 0.3 is 0 Å². The van der Waals surface area contributed by atoms with Crippen molar-refractivity contribution < 1.29 is 47.7 Å². The van der Waals surface area contributed by atoms with Crippen LogP contribution in [-0.4, -0.2) is 80.5 Å². The Kier molecular flexibility index (Phi) is 13.3. The highest BCUT2D eigenvalue weighted by molar-refractivity contribution is 5.15. The van der Waals surface area contributed by atoms with Crippen molar-refractivity contribution in [2.45, 2.75) is 77.4 Å². The van der Waals surface area contributed by atoms with Crippen LogP contribution in [0.15, 0.2) is 24.5 Å². The molecular weight excluding hydrogens is 506 g/mol. The second-order valence-corrected chi connectivity index (χ2v) is 11.6. The predicted molar refractivity (Wildman–Crippen MR) is 122 cm³/mol. The Balaban J connectivity index is 0. The molecule has 6 heteroatoms. The van der Waals surface area contributed by atoms with Crippen molar-refractivity contribution in [2.24, 2.45) is 0 Å². The number of hydrogen-bond acceptors (Lipinski definition) is 2. The van der Waals surface area contributed by atoms with Crippen LogP contribution in [-0.2, 0) is 4.74 Å². The second-order valence-electron chi connectivity index (χ2n) is 11.6. The monoisotopic (exact) mass is 553 g/mol. The largest absolute Gasteiger partial charge is 1.00 e. The molecule has 1 aliphatic heterocycles. The Morgan fingerprint density at radius 1 is 0.900 bits per heavy atom. The van der Waals surface area contributed by atoms with Crippen LogP contribution < -0.4 is 39.3 Å². The minimum atomic E-state index is 0. The van der Waals surface area contributed by atoms with E-state index in [0.29, 0.717) is 12.4 Å². The highest BCUT2D eigenvalue weighted by atomic mass is 79.9. The van der Waals surface area contributed by atoms with Gasteiger partial charge in [-0.15, -0.1) is 0 Å².